The molecular weight excluding hydrogens is 289 g/mol. The predicted molar refractivity (Wildman–Crippen MR) is 71.8 cm³/mol. The largest absolute Gasteiger partial charge is 0.393 e. The molecule has 4 heteroatoms. The molecular formula is C12H17BrClNO. The van der Waals surface area contributed by atoms with Gasteiger partial charge >= 0.3 is 0 Å². The Bertz CT molecular complexity index is 344. The van der Waals surface area contributed by atoms with Crippen LogP contribution in [0.3, 0.4) is 0 Å². The van der Waals surface area contributed by atoms with Crippen LogP contribution in [-0.2, 0) is 6.54 Å². The zero-order valence-electron chi connectivity index (χ0n) is 9.58. The SMILES string of the molecule is CC(O)CCN(C)Cc1ccc(Br)cc1Cl. The Labute approximate surface area is 110 Å². The van der Waals surface area contributed by atoms with E-state index in [1.54, 1.807) is 6.92 Å². The van der Waals surface area contributed by atoms with Gasteiger partial charge in [0, 0.05) is 22.6 Å². The molecule has 2 nitrogen and oxygen atoms in total. The lowest BCUT2D eigenvalue weighted by molar-refractivity contribution is 0.163. The summed E-state index contributed by atoms with van der Waals surface area (Å²) in [5.41, 5.74) is 1.11. The number of hydrogen-bond donors (Lipinski definition) is 1. The van der Waals surface area contributed by atoms with Crippen LogP contribution in [0.5, 0.6) is 0 Å². The van der Waals surface area contributed by atoms with Crippen LogP contribution in [0.1, 0.15) is 18.9 Å². The highest BCUT2D eigenvalue weighted by Crippen LogP contribution is 2.22. The van der Waals surface area contributed by atoms with Crippen LogP contribution in [-0.4, -0.2) is 29.7 Å². The first-order valence-electron chi connectivity index (χ1n) is 5.29. The molecule has 0 aromatic heterocycles. The van der Waals surface area contributed by atoms with Crippen LogP contribution >= 0.6 is 27.5 Å². The van der Waals surface area contributed by atoms with Crippen LogP contribution in [0.2, 0.25) is 5.02 Å². The lowest BCUT2D eigenvalue weighted by atomic mass is 10.2. The van der Waals surface area contributed by atoms with Crippen molar-refractivity contribution in [3.05, 3.63) is 33.3 Å². The van der Waals surface area contributed by atoms with Crippen molar-refractivity contribution >= 4 is 27.5 Å². The van der Waals surface area contributed by atoms with Crippen LogP contribution in [0.4, 0.5) is 0 Å². The normalized spacial score (nSPS) is 13.1. The van der Waals surface area contributed by atoms with Crippen molar-refractivity contribution in [2.45, 2.75) is 26.0 Å². The van der Waals surface area contributed by atoms with Crippen molar-refractivity contribution in [2.24, 2.45) is 0 Å². The molecule has 90 valence electrons. The highest BCUT2D eigenvalue weighted by Gasteiger charge is 2.06. The molecule has 0 aliphatic rings. The molecule has 0 saturated carbocycles. The van der Waals surface area contributed by atoms with Gasteiger partial charge in [-0.25, -0.2) is 0 Å². The van der Waals surface area contributed by atoms with E-state index >= 15 is 0 Å². The number of benzene rings is 1. The Balaban J connectivity index is 2.52. The van der Waals surface area contributed by atoms with E-state index in [4.69, 9.17) is 11.6 Å². The molecule has 1 rings (SSSR count). The second-order valence-electron chi connectivity index (χ2n) is 4.11. The number of aliphatic hydroxyl groups is 1. The molecule has 1 atom stereocenters. The molecule has 0 bridgehead atoms. The molecule has 1 aromatic carbocycles. The molecule has 1 unspecified atom stereocenters. The molecule has 0 radical (unpaired) electrons. The number of hydrogen-bond acceptors (Lipinski definition) is 2. The first kappa shape index (κ1) is 14.0. The first-order chi connectivity index (χ1) is 7.49. The predicted octanol–water partition coefficient (Wildman–Crippen LogP) is 3.31. The maximum atomic E-state index is 9.20. The number of nitrogens with zero attached hydrogens (tertiary/aromatic N) is 1. The fourth-order valence-corrected chi connectivity index (χ4v) is 2.16. The third-order valence-electron chi connectivity index (χ3n) is 2.38. The van der Waals surface area contributed by atoms with Gasteiger partial charge in [-0.05, 0) is 38.1 Å². The highest BCUT2D eigenvalue weighted by molar-refractivity contribution is 9.10. The Hall–Kier alpha value is -0.0900. The summed E-state index contributed by atoms with van der Waals surface area (Å²) in [6, 6.07) is 5.91. The summed E-state index contributed by atoms with van der Waals surface area (Å²) in [6.07, 6.45) is 0.535. The molecule has 0 aliphatic carbocycles. The van der Waals surface area contributed by atoms with Crippen molar-refractivity contribution < 1.29 is 5.11 Å². The molecule has 0 amide bonds. The standard InChI is InChI=1S/C12H17BrClNO/c1-9(16)5-6-15(2)8-10-3-4-11(13)7-12(10)14/h3-4,7,9,16H,5-6,8H2,1-2H3. The van der Waals surface area contributed by atoms with Gasteiger partial charge in [-0.3, -0.25) is 0 Å². The molecule has 1 aromatic rings. The van der Waals surface area contributed by atoms with Crippen LogP contribution in [0, 0.1) is 0 Å². The molecule has 0 heterocycles. The third kappa shape index (κ3) is 4.83. The molecule has 0 spiro atoms. The van der Waals surface area contributed by atoms with E-state index in [1.165, 1.54) is 0 Å². The van der Waals surface area contributed by atoms with E-state index in [0.29, 0.717) is 0 Å². The van der Waals surface area contributed by atoms with Crippen molar-refractivity contribution in [2.75, 3.05) is 13.6 Å². The van der Waals surface area contributed by atoms with Gasteiger partial charge in [-0.2, -0.15) is 0 Å². The fraction of sp³-hybridized carbons (Fsp3) is 0.500. The third-order valence-corrected chi connectivity index (χ3v) is 3.23. The Morgan fingerprint density at radius 2 is 2.19 bits per heavy atom. The van der Waals surface area contributed by atoms with Crippen molar-refractivity contribution in [3.63, 3.8) is 0 Å². The zero-order valence-corrected chi connectivity index (χ0v) is 11.9. The summed E-state index contributed by atoms with van der Waals surface area (Å²) < 4.78 is 0.993. The van der Waals surface area contributed by atoms with E-state index in [-0.39, 0.29) is 6.10 Å². The average Bonchev–Trinajstić information content (AvgIpc) is 2.19. The minimum absolute atomic E-state index is 0.247. The van der Waals surface area contributed by atoms with E-state index in [1.807, 2.05) is 25.2 Å². The summed E-state index contributed by atoms with van der Waals surface area (Å²) in [7, 11) is 2.03. The number of aliphatic hydroxyl groups excluding tert-OH is 1. The second-order valence-corrected chi connectivity index (χ2v) is 5.43. The average molecular weight is 307 g/mol. The van der Waals surface area contributed by atoms with Gasteiger partial charge in [0.1, 0.15) is 0 Å². The van der Waals surface area contributed by atoms with Gasteiger partial charge < -0.3 is 10.0 Å². The summed E-state index contributed by atoms with van der Waals surface area (Å²) in [6.45, 7) is 3.48. The zero-order chi connectivity index (χ0) is 12.1. The Morgan fingerprint density at radius 1 is 1.50 bits per heavy atom. The van der Waals surface area contributed by atoms with Gasteiger partial charge in [-0.15, -0.1) is 0 Å². The highest BCUT2D eigenvalue weighted by atomic mass is 79.9. The lowest BCUT2D eigenvalue weighted by Crippen LogP contribution is -2.22. The van der Waals surface area contributed by atoms with Gasteiger partial charge in [0.25, 0.3) is 0 Å². The molecule has 0 fully saturated rings. The van der Waals surface area contributed by atoms with E-state index in [9.17, 15) is 5.11 Å². The van der Waals surface area contributed by atoms with Crippen molar-refractivity contribution in [1.82, 2.24) is 4.90 Å². The number of rotatable bonds is 5. The summed E-state index contributed by atoms with van der Waals surface area (Å²) in [4.78, 5) is 2.15. The maximum Gasteiger partial charge on any atom is 0.0524 e. The fourth-order valence-electron chi connectivity index (χ4n) is 1.43. The molecule has 1 N–H and O–H groups in total. The van der Waals surface area contributed by atoms with Crippen molar-refractivity contribution in [1.29, 1.82) is 0 Å². The lowest BCUT2D eigenvalue weighted by Gasteiger charge is -2.18. The molecule has 16 heavy (non-hydrogen) atoms. The minimum atomic E-state index is -0.247. The van der Waals surface area contributed by atoms with Gasteiger partial charge in [0.15, 0.2) is 0 Å². The Morgan fingerprint density at radius 3 is 2.75 bits per heavy atom. The van der Waals surface area contributed by atoms with Crippen LogP contribution in [0.25, 0.3) is 0 Å². The monoisotopic (exact) mass is 305 g/mol. The molecule has 0 saturated heterocycles. The number of halogens is 2. The van der Waals surface area contributed by atoms with Gasteiger partial charge in [0.2, 0.25) is 0 Å². The molecule has 0 aliphatic heterocycles. The smallest absolute Gasteiger partial charge is 0.0524 e. The van der Waals surface area contributed by atoms with Gasteiger partial charge in [-0.1, -0.05) is 33.6 Å². The van der Waals surface area contributed by atoms with Crippen LogP contribution < -0.4 is 0 Å². The second kappa shape index (κ2) is 6.60. The summed E-state index contributed by atoms with van der Waals surface area (Å²) in [5, 5.41) is 9.98. The van der Waals surface area contributed by atoms with E-state index in [2.05, 4.69) is 20.8 Å². The summed E-state index contributed by atoms with van der Waals surface area (Å²) in [5.74, 6) is 0. The topological polar surface area (TPSA) is 23.5 Å². The summed E-state index contributed by atoms with van der Waals surface area (Å²) >= 11 is 9.51. The minimum Gasteiger partial charge on any atom is -0.393 e. The van der Waals surface area contributed by atoms with Crippen molar-refractivity contribution in [3.8, 4) is 0 Å². The Kier molecular flexibility index (Phi) is 5.76. The van der Waals surface area contributed by atoms with Crippen LogP contribution in [0.15, 0.2) is 22.7 Å². The maximum absolute atomic E-state index is 9.20. The van der Waals surface area contributed by atoms with E-state index < -0.39 is 0 Å². The van der Waals surface area contributed by atoms with E-state index in [0.717, 1.165) is 34.6 Å². The quantitative estimate of drug-likeness (QED) is 0.902. The van der Waals surface area contributed by atoms with Gasteiger partial charge in [0.05, 0.1) is 6.10 Å². The first-order valence-corrected chi connectivity index (χ1v) is 6.46.